The van der Waals surface area contributed by atoms with Crippen LogP contribution in [0.3, 0.4) is 0 Å². The Morgan fingerprint density at radius 2 is 1.90 bits per heavy atom. The quantitative estimate of drug-likeness (QED) is 0.543. The molecule has 1 atom stereocenters. The van der Waals surface area contributed by atoms with Gasteiger partial charge in [0.25, 0.3) is 0 Å². The Morgan fingerprint density at radius 3 is 2.71 bits per heavy atom. The fourth-order valence-corrected chi connectivity index (χ4v) is 3.04. The predicted molar refractivity (Wildman–Crippen MR) is 88.5 cm³/mol. The second-order valence-electron chi connectivity index (χ2n) is 4.84. The molecule has 0 aliphatic rings. The van der Waals surface area contributed by atoms with Gasteiger partial charge in [-0.05, 0) is 29.8 Å². The zero-order valence-electron chi connectivity index (χ0n) is 11.1. The molecule has 106 valence electrons. The second kappa shape index (κ2) is 6.12. The van der Waals surface area contributed by atoms with E-state index in [0.717, 1.165) is 22.2 Å². The third-order valence-corrected chi connectivity index (χ3v) is 4.49. The van der Waals surface area contributed by atoms with Crippen LogP contribution in [0.2, 0.25) is 5.02 Å². The highest BCUT2D eigenvalue weighted by molar-refractivity contribution is 9.09. The molecule has 0 aliphatic carbocycles. The molecule has 0 saturated heterocycles. The van der Waals surface area contributed by atoms with Crippen molar-refractivity contribution in [1.29, 1.82) is 0 Å². The monoisotopic (exact) mass is 363 g/mol. The molecular weight excluding hydrogens is 353 g/mol. The largest absolute Gasteiger partial charge is 0.253 e. The molecule has 0 N–H and O–H groups in total. The standard InChI is InChI=1S/C17H12BrClFN/c18-14(12-6-8-16(20)15(19)9-12)10-13-7-5-11-3-1-2-4-17(11)21-13/h1-9,14H,10H2. The van der Waals surface area contributed by atoms with Crippen molar-refractivity contribution in [2.45, 2.75) is 11.2 Å². The van der Waals surface area contributed by atoms with Crippen molar-refractivity contribution in [3.05, 3.63) is 76.7 Å². The van der Waals surface area contributed by atoms with Crippen molar-refractivity contribution in [2.24, 2.45) is 0 Å². The van der Waals surface area contributed by atoms with Gasteiger partial charge in [-0.25, -0.2) is 4.39 Å². The first-order chi connectivity index (χ1) is 10.1. The molecule has 1 nitrogen and oxygen atoms in total. The summed E-state index contributed by atoms with van der Waals surface area (Å²) < 4.78 is 13.2. The predicted octanol–water partition coefficient (Wildman–Crippen LogP) is 5.71. The Kier molecular flexibility index (Phi) is 4.22. The van der Waals surface area contributed by atoms with Gasteiger partial charge in [-0.2, -0.15) is 0 Å². The van der Waals surface area contributed by atoms with Gasteiger partial charge in [0, 0.05) is 22.3 Å². The van der Waals surface area contributed by atoms with Crippen LogP contribution in [0.5, 0.6) is 0 Å². The molecule has 2 aromatic carbocycles. The van der Waals surface area contributed by atoms with Crippen LogP contribution in [0.15, 0.2) is 54.6 Å². The normalized spacial score (nSPS) is 12.5. The molecular formula is C17H12BrClFN. The van der Waals surface area contributed by atoms with Gasteiger partial charge in [-0.1, -0.05) is 57.9 Å². The maximum atomic E-state index is 13.2. The van der Waals surface area contributed by atoms with Crippen LogP contribution in [0.25, 0.3) is 10.9 Å². The maximum Gasteiger partial charge on any atom is 0.141 e. The summed E-state index contributed by atoms with van der Waals surface area (Å²) in [5, 5.41) is 1.26. The minimum Gasteiger partial charge on any atom is -0.253 e. The van der Waals surface area contributed by atoms with Crippen molar-refractivity contribution in [3.63, 3.8) is 0 Å². The van der Waals surface area contributed by atoms with Crippen LogP contribution in [0.1, 0.15) is 16.1 Å². The number of alkyl halides is 1. The van der Waals surface area contributed by atoms with E-state index in [2.05, 4.69) is 27.0 Å². The van der Waals surface area contributed by atoms with Gasteiger partial charge < -0.3 is 0 Å². The van der Waals surface area contributed by atoms with Crippen molar-refractivity contribution in [1.82, 2.24) is 4.98 Å². The Bertz CT molecular complexity index is 791. The van der Waals surface area contributed by atoms with Gasteiger partial charge in [0.1, 0.15) is 5.82 Å². The van der Waals surface area contributed by atoms with E-state index in [-0.39, 0.29) is 9.85 Å². The first kappa shape index (κ1) is 14.5. The van der Waals surface area contributed by atoms with E-state index in [4.69, 9.17) is 11.6 Å². The summed E-state index contributed by atoms with van der Waals surface area (Å²) >= 11 is 9.45. The fourth-order valence-electron chi connectivity index (χ4n) is 2.23. The molecule has 3 rings (SSSR count). The maximum absolute atomic E-state index is 13.2. The van der Waals surface area contributed by atoms with Gasteiger partial charge >= 0.3 is 0 Å². The summed E-state index contributed by atoms with van der Waals surface area (Å²) in [4.78, 5) is 4.69. The number of pyridine rings is 1. The molecule has 21 heavy (non-hydrogen) atoms. The van der Waals surface area contributed by atoms with Gasteiger partial charge in [0.15, 0.2) is 0 Å². The number of rotatable bonds is 3. The molecule has 0 aliphatic heterocycles. The third-order valence-electron chi connectivity index (χ3n) is 3.35. The zero-order valence-corrected chi connectivity index (χ0v) is 13.4. The Morgan fingerprint density at radius 1 is 1.10 bits per heavy atom. The lowest BCUT2D eigenvalue weighted by Crippen LogP contribution is -1.98. The summed E-state index contributed by atoms with van der Waals surface area (Å²) in [6.45, 7) is 0. The summed E-state index contributed by atoms with van der Waals surface area (Å²) in [6, 6.07) is 16.9. The second-order valence-corrected chi connectivity index (χ2v) is 6.35. The molecule has 0 bridgehead atoms. The minimum atomic E-state index is -0.399. The molecule has 0 saturated carbocycles. The lowest BCUT2D eigenvalue weighted by molar-refractivity contribution is 0.627. The topological polar surface area (TPSA) is 12.9 Å². The van der Waals surface area contributed by atoms with E-state index >= 15 is 0 Å². The number of halogens is 3. The van der Waals surface area contributed by atoms with Crippen LogP contribution >= 0.6 is 27.5 Å². The van der Waals surface area contributed by atoms with Gasteiger partial charge in [-0.15, -0.1) is 0 Å². The molecule has 1 unspecified atom stereocenters. The smallest absolute Gasteiger partial charge is 0.141 e. The van der Waals surface area contributed by atoms with Crippen LogP contribution in [-0.4, -0.2) is 4.98 Å². The van der Waals surface area contributed by atoms with Crippen molar-refractivity contribution in [3.8, 4) is 0 Å². The number of aromatic nitrogens is 1. The average molecular weight is 365 g/mol. The van der Waals surface area contributed by atoms with Crippen LogP contribution in [-0.2, 0) is 6.42 Å². The molecule has 0 spiro atoms. The highest BCUT2D eigenvalue weighted by Gasteiger charge is 2.12. The number of nitrogens with zero attached hydrogens (tertiary/aromatic N) is 1. The number of hydrogen-bond donors (Lipinski definition) is 0. The lowest BCUT2D eigenvalue weighted by Gasteiger charge is -2.11. The first-order valence-corrected chi connectivity index (χ1v) is 7.86. The van der Waals surface area contributed by atoms with Crippen LogP contribution < -0.4 is 0 Å². The summed E-state index contributed by atoms with van der Waals surface area (Å²) in [5.74, 6) is -0.399. The molecule has 0 amide bonds. The number of fused-ring (bicyclic) bond motifs is 1. The average Bonchev–Trinajstić information content (AvgIpc) is 2.50. The Labute approximate surface area is 135 Å². The van der Waals surface area contributed by atoms with Crippen molar-refractivity contribution >= 4 is 38.4 Å². The SMILES string of the molecule is Fc1ccc(C(Br)Cc2ccc3ccccc3n2)cc1Cl. The fraction of sp³-hybridized carbons (Fsp3) is 0.118. The summed E-state index contributed by atoms with van der Waals surface area (Å²) in [6.07, 6.45) is 0.715. The van der Waals surface area contributed by atoms with Gasteiger partial charge in [0.2, 0.25) is 0 Å². The highest BCUT2D eigenvalue weighted by atomic mass is 79.9. The summed E-state index contributed by atoms with van der Waals surface area (Å²) in [5.41, 5.74) is 2.90. The number of para-hydroxylation sites is 1. The van der Waals surface area contributed by atoms with E-state index in [9.17, 15) is 4.39 Å². The molecule has 4 heteroatoms. The Hall–Kier alpha value is -1.45. The van der Waals surface area contributed by atoms with Gasteiger partial charge in [-0.3, -0.25) is 4.98 Å². The van der Waals surface area contributed by atoms with E-state index in [0.29, 0.717) is 6.42 Å². The first-order valence-electron chi connectivity index (χ1n) is 6.57. The minimum absolute atomic E-state index is 0.0456. The molecule has 0 radical (unpaired) electrons. The molecule has 3 aromatic rings. The molecule has 0 fully saturated rings. The Balaban J connectivity index is 1.85. The highest BCUT2D eigenvalue weighted by Crippen LogP contribution is 2.29. The van der Waals surface area contributed by atoms with Gasteiger partial charge in [0.05, 0.1) is 10.5 Å². The molecule has 1 aromatic heterocycles. The van der Waals surface area contributed by atoms with E-state index in [1.165, 1.54) is 6.07 Å². The van der Waals surface area contributed by atoms with Crippen molar-refractivity contribution in [2.75, 3.05) is 0 Å². The number of hydrogen-bond acceptors (Lipinski definition) is 1. The third kappa shape index (κ3) is 3.25. The van der Waals surface area contributed by atoms with Crippen LogP contribution in [0.4, 0.5) is 4.39 Å². The number of benzene rings is 2. The summed E-state index contributed by atoms with van der Waals surface area (Å²) in [7, 11) is 0. The van der Waals surface area contributed by atoms with Crippen molar-refractivity contribution < 1.29 is 4.39 Å². The van der Waals surface area contributed by atoms with E-state index in [1.54, 1.807) is 12.1 Å². The lowest BCUT2D eigenvalue weighted by atomic mass is 10.1. The van der Waals surface area contributed by atoms with E-state index in [1.807, 2.05) is 30.3 Å². The van der Waals surface area contributed by atoms with Crippen LogP contribution in [0, 0.1) is 5.82 Å². The zero-order chi connectivity index (χ0) is 14.8. The molecule has 1 heterocycles. The van der Waals surface area contributed by atoms with E-state index < -0.39 is 5.82 Å².